The maximum atomic E-state index is 12.3. The third-order valence-corrected chi connectivity index (χ3v) is 4.46. The zero-order chi connectivity index (χ0) is 14.5. The van der Waals surface area contributed by atoms with Crippen LogP contribution in [0, 0.1) is 0 Å². The van der Waals surface area contributed by atoms with E-state index in [-0.39, 0.29) is 23.9 Å². The highest BCUT2D eigenvalue weighted by Crippen LogP contribution is 2.22. The Morgan fingerprint density at radius 2 is 2.10 bits per heavy atom. The lowest BCUT2D eigenvalue weighted by Gasteiger charge is -2.24. The van der Waals surface area contributed by atoms with E-state index >= 15 is 0 Å². The van der Waals surface area contributed by atoms with Crippen LogP contribution in [0.3, 0.4) is 0 Å². The number of nitrogens with zero attached hydrogens (tertiary/aromatic N) is 1. The molecule has 1 heterocycles. The van der Waals surface area contributed by atoms with Crippen LogP contribution in [0.4, 0.5) is 0 Å². The van der Waals surface area contributed by atoms with Gasteiger partial charge in [0.1, 0.15) is 0 Å². The highest BCUT2D eigenvalue weighted by molar-refractivity contribution is 6.05. The van der Waals surface area contributed by atoms with E-state index in [4.69, 9.17) is 0 Å². The van der Waals surface area contributed by atoms with Gasteiger partial charge in [-0.3, -0.25) is 14.5 Å². The predicted molar refractivity (Wildman–Crippen MR) is 79.2 cm³/mol. The van der Waals surface area contributed by atoms with E-state index in [1.807, 2.05) is 13.8 Å². The first kappa shape index (κ1) is 15.2. The van der Waals surface area contributed by atoms with Crippen molar-refractivity contribution in [1.29, 1.82) is 0 Å². The highest BCUT2D eigenvalue weighted by Gasteiger charge is 2.40. The molecule has 0 aromatic carbocycles. The van der Waals surface area contributed by atoms with Crippen LogP contribution in [0.25, 0.3) is 0 Å². The summed E-state index contributed by atoms with van der Waals surface area (Å²) in [5.41, 5.74) is 1.49. The van der Waals surface area contributed by atoms with Gasteiger partial charge in [0.25, 0.3) is 0 Å². The van der Waals surface area contributed by atoms with Crippen molar-refractivity contribution in [2.24, 2.45) is 0 Å². The van der Waals surface area contributed by atoms with Crippen molar-refractivity contribution < 1.29 is 9.59 Å². The molecule has 0 radical (unpaired) electrons. The van der Waals surface area contributed by atoms with Crippen molar-refractivity contribution in [1.82, 2.24) is 10.2 Å². The summed E-state index contributed by atoms with van der Waals surface area (Å²) in [6.07, 6.45) is 8.97. The maximum absolute atomic E-state index is 12.3. The molecule has 2 aliphatic rings. The van der Waals surface area contributed by atoms with Crippen molar-refractivity contribution in [3.05, 3.63) is 11.6 Å². The van der Waals surface area contributed by atoms with Gasteiger partial charge in [0.05, 0.1) is 12.5 Å². The number of likely N-dealkylation sites (tertiary alicyclic amines) is 1. The Kier molecular flexibility index (Phi) is 5.35. The number of carbonyl (C=O) groups excluding carboxylic acids is 2. The highest BCUT2D eigenvalue weighted by atomic mass is 16.2. The molecule has 0 aromatic heterocycles. The van der Waals surface area contributed by atoms with E-state index in [9.17, 15) is 9.59 Å². The van der Waals surface area contributed by atoms with Crippen molar-refractivity contribution in [2.75, 3.05) is 6.54 Å². The summed E-state index contributed by atoms with van der Waals surface area (Å²) in [4.78, 5) is 25.9. The lowest BCUT2D eigenvalue weighted by atomic mass is 10.1. The molecule has 1 unspecified atom stereocenters. The van der Waals surface area contributed by atoms with Gasteiger partial charge in [-0.15, -0.1) is 0 Å². The third-order valence-electron chi connectivity index (χ3n) is 4.46. The van der Waals surface area contributed by atoms with Gasteiger partial charge in [-0.05, 0) is 45.1 Å². The van der Waals surface area contributed by atoms with E-state index in [0.717, 1.165) is 25.8 Å². The molecule has 2 rings (SSSR count). The van der Waals surface area contributed by atoms with Crippen LogP contribution < -0.4 is 5.32 Å². The molecule has 1 fully saturated rings. The summed E-state index contributed by atoms with van der Waals surface area (Å²) in [6, 6.07) is -0.232. The summed E-state index contributed by atoms with van der Waals surface area (Å²) in [7, 11) is 0. The largest absolute Gasteiger partial charge is 0.305 e. The van der Waals surface area contributed by atoms with Gasteiger partial charge in [0.15, 0.2) is 0 Å². The molecular formula is C16H26N2O2. The first-order valence-corrected chi connectivity index (χ1v) is 7.94. The van der Waals surface area contributed by atoms with E-state index in [1.165, 1.54) is 29.7 Å². The van der Waals surface area contributed by atoms with Gasteiger partial charge < -0.3 is 5.32 Å². The van der Waals surface area contributed by atoms with Gasteiger partial charge >= 0.3 is 0 Å². The fraction of sp³-hybridized carbons (Fsp3) is 0.750. The van der Waals surface area contributed by atoms with Crippen LogP contribution in [0.5, 0.6) is 0 Å². The quantitative estimate of drug-likeness (QED) is 0.574. The van der Waals surface area contributed by atoms with Crippen LogP contribution in [-0.2, 0) is 9.59 Å². The molecule has 1 aliphatic carbocycles. The first-order valence-electron chi connectivity index (χ1n) is 7.94. The molecule has 0 saturated carbocycles. The van der Waals surface area contributed by atoms with Crippen LogP contribution in [0.2, 0.25) is 0 Å². The standard InChI is InChI=1S/C16H26N2O2/c1-3-13(4-2)18-15(19)11-14(16(18)20)17-10-9-12-7-5-6-8-12/h7,13-14,17H,3-6,8-11H2,1-2H3. The van der Waals surface area contributed by atoms with Gasteiger partial charge in [0.2, 0.25) is 11.8 Å². The number of allylic oxidation sites excluding steroid dienone is 1. The summed E-state index contributed by atoms with van der Waals surface area (Å²) >= 11 is 0. The Bertz CT molecular complexity index is 399. The van der Waals surface area contributed by atoms with E-state index in [0.29, 0.717) is 6.42 Å². The lowest BCUT2D eigenvalue weighted by molar-refractivity contribution is -0.141. The molecule has 112 valence electrons. The Balaban J connectivity index is 1.84. The lowest BCUT2D eigenvalue weighted by Crippen LogP contribution is -2.43. The van der Waals surface area contributed by atoms with E-state index in [1.54, 1.807) is 0 Å². The molecule has 1 aliphatic heterocycles. The second-order valence-corrected chi connectivity index (χ2v) is 5.79. The maximum Gasteiger partial charge on any atom is 0.247 e. The third kappa shape index (κ3) is 3.29. The molecule has 4 nitrogen and oxygen atoms in total. The summed E-state index contributed by atoms with van der Waals surface area (Å²) in [5, 5.41) is 3.27. The number of carbonyl (C=O) groups is 2. The SMILES string of the molecule is CCC(CC)N1C(=O)CC(NCCC2=CCCC2)C1=O. The van der Waals surface area contributed by atoms with Gasteiger partial charge in [-0.1, -0.05) is 25.5 Å². The number of hydrogen-bond acceptors (Lipinski definition) is 3. The summed E-state index contributed by atoms with van der Waals surface area (Å²) < 4.78 is 0. The van der Waals surface area contributed by atoms with Gasteiger partial charge in [-0.25, -0.2) is 0 Å². The monoisotopic (exact) mass is 278 g/mol. The Hall–Kier alpha value is -1.16. The number of imide groups is 1. The minimum atomic E-state index is -0.301. The molecule has 0 bridgehead atoms. The molecule has 0 aromatic rings. The molecule has 20 heavy (non-hydrogen) atoms. The predicted octanol–water partition coefficient (Wildman–Crippen LogP) is 2.39. The van der Waals surface area contributed by atoms with Crippen molar-refractivity contribution >= 4 is 11.8 Å². The number of nitrogens with one attached hydrogen (secondary N) is 1. The van der Waals surface area contributed by atoms with Crippen molar-refractivity contribution in [2.45, 2.75) is 70.9 Å². The molecule has 4 heteroatoms. The number of rotatable bonds is 7. The van der Waals surface area contributed by atoms with Gasteiger partial charge in [0, 0.05) is 6.04 Å². The van der Waals surface area contributed by atoms with E-state index < -0.39 is 0 Å². The first-order chi connectivity index (χ1) is 9.67. The second kappa shape index (κ2) is 7.02. The minimum Gasteiger partial charge on any atom is -0.305 e. The summed E-state index contributed by atoms with van der Waals surface area (Å²) in [5.74, 6) is -0.0367. The van der Waals surface area contributed by atoms with Crippen molar-refractivity contribution in [3.63, 3.8) is 0 Å². The number of hydrogen-bond donors (Lipinski definition) is 1. The zero-order valence-electron chi connectivity index (χ0n) is 12.7. The van der Waals surface area contributed by atoms with Crippen LogP contribution in [0.15, 0.2) is 11.6 Å². The normalized spacial score (nSPS) is 23.1. The average Bonchev–Trinajstić information content (AvgIpc) is 3.04. The minimum absolute atomic E-state index is 0.0127. The number of amides is 2. The average molecular weight is 278 g/mol. The van der Waals surface area contributed by atoms with Crippen LogP contribution >= 0.6 is 0 Å². The zero-order valence-corrected chi connectivity index (χ0v) is 12.7. The fourth-order valence-electron chi connectivity index (χ4n) is 3.22. The van der Waals surface area contributed by atoms with E-state index in [2.05, 4.69) is 11.4 Å². The summed E-state index contributed by atoms with van der Waals surface area (Å²) in [6.45, 7) is 4.86. The topological polar surface area (TPSA) is 49.4 Å². The fourth-order valence-corrected chi connectivity index (χ4v) is 3.22. The second-order valence-electron chi connectivity index (χ2n) is 5.79. The molecule has 1 saturated heterocycles. The Morgan fingerprint density at radius 3 is 2.70 bits per heavy atom. The van der Waals surface area contributed by atoms with Crippen molar-refractivity contribution in [3.8, 4) is 0 Å². The smallest absolute Gasteiger partial charge is 0.247 e. The van der Waals surface area contributed by atoms with Crippen LogP contribution in [-0.4, -0.2) is 35.3 Å². The molecular weight excluding hydrogens is 252 g/mol. The Morgan fingerprint density at radius 1 is 1.35 bits per heavy atom. The van der Waals surface area contributed by atoms with Gasteiger partial charge in [-0.2, -0.15) is 0 Å². The molecule has 1 N–H and O–H groups in total. The molecule has 2 amide bonds. The molecule has 1 atom stereocenters. The van der Waals surface area contributed by atoms with Crippen LogP contribution in [0.1, 0.15) is 58.8 Å². The molecule has 0 spiro atoms. The Labute approximate surface area is 121 Å².